The van der Waals surface area contributed by atoms with Gasteiger partial charge in [0.05, 0.1) is 51.0 Å². The van der Waals surface area contributed by atoms with Gasteiger partial charge in [0.15, 0.2) is 0 Å². The largest absolute Gasteiger partial charge is 0.376 e. The first-order valence-electron chi connectivity index (χ1n) is 9.34. The second-order valence-corrected chi connectivity index (χ2v) is 7.13. The van der Waals surface area contributed by atoms with Crippen molar-refractivity contribution in [3.63, 3.8) is 0 Å². The summed E-state index contributed by atoms with van der Waals surface area (Å²) in [5.41, 5.74) is 5.37. The van der Waals surface area contributed by atoms with Crippen LogP contribution in [0.25, 0.3) is 0 Å². The van der Waals surface area contributed by atoms with Crippen molar-refractivity contribution < 1.29 is 23.8 Å². The van der Waals surface area contributed by atoms with Crippen LogP contribution < -0.4 is 11.1 Å². The molecule has 1 heterocycles. The summed E-state index contributed by atoms with van der Waals surface area (Å²) in [7, 11) is 3.64. The van der Waals surface area contributed by atoms with E-state index >= 15 is 0 Å². The minimum absolute atomic E-state index is 0.0857. The molecule has 1 aliphatic rings. The van der Waals surface area contributed by atoms with Gasteiger partial charge in [-0.15, -0.1) is 0 Å². The van der Waals surface area contributed by atoms with E-state index in [1.807, 2.05) is 20.9 Å². The highest BCUT2D eigenvalue weighted by atomic mass is 16.6. The zero-order valence-corrected chi connectivity index (χ0v) is 16.5. The first-order valence-corrected chi connectivity index (χ1v) is 9.34. The van der Waals surface area contributed by atoms with Gasteiger partial charge in [0.25, 0.3) is 0 Å². The van der Waals surface area contributed by atoms with Crippen LogP contribution in [0, 0.1) is 5.92 Å². The first kappa shape index (κ1) is 22.8. The lowest BCUT2D eigenvalue weighted by molar-refractivity contribution is -0.128. The summed E-state index contributed by atoms with van der Waals surface area (Å²) >= 11 is 0. The lowest BCUT2D eigenvalue weighted by Crippen LogP contribution is -2.39. The predicted octanol–water partition coefficient (Wildman–Crippen LogP) is 0.145. The highest BCUT2D eigenvalue weighted by Crippen LogP contribution is 2.19. The van der Waals surface area contributed by atoms with Crippen LogP contribution >= 0.6 is 0 Å². The van der Waals surface area contributed by atoms with Crippen LogP contribution in [0.1, 0.15) is 33.1 Å². The molecule has 0 aromatic heterocycles. The summed E-state index contributed by atoms with van der Waals surface area (Å²) in [6, 6.07) is 0. The molecule has 1 rings (SSSR count). The zero-order chi connectivity index (χ0) is 19.5. The quantitative estimate of drug-likeness (QED) is 0.505. The van der Waals surface area contributed by atoms with Crippen molar-refractivity contribution in [2.24, 2.45) is 11.7 Å². The summed E-state index contributed by atoms with van der Waals surface area (Å²) in [6.07, 6.45) is 0.811. The number of hydrogen-bond acceptors (Lipinski definition) is 6. The Hall–Kier alpha value is -1.22. The molecule has 4 atom stereocenters. The van der Waals surface area contributed by atoms with E-state index in [9.17, 15) is 9.59 Å². The average Bonchev–Trinajstić information content (AvgIpc) is 2.59. The molecule has 1 saturated heterocycles. The van der Waals surface area contributed by atoms with Crippen molar-refractivity contribution in [2.75, 3.05) is 47.0 Å². The van der Waals surface area contributed by atoms with Gasteiger partial charge in [-0.1, -0.05) is 6.92 Å². The van der Waals surface area contributed by atoms with E-state index in [0.717, 1.165) is 19.5 Å². The number of carbonyl (C=O) groups excluding carboxylic acids is 2. The number of primary amides is 1. The molecular formula is C18H35N3O5. The highest BCUT2D eigenvalue weighted by Gasteiger charge is 2.24. The van der Waals surface area contributed by atoms with Crippen molar-refractivity contribution in [1.29, 1.82) is 0 Å². The molecule has 1 fully saturated rings. The Morgan fingerprint density at radius 2 is 2.04 bits per heavy atom. The molecule has 8 nitrogen and oxygen atoms in total. The fourth-order valence-electron chi connectivity index (χ4n) is 2.98. The third-order valence-electron chi connectivity index (χ3n) is 4.56. The van der Waals surface area contributed by atoms with Gasteiger partial charge in [-0.25, -0.2) is 0 Å². The molecule has 1 aliphatic heterocycles. The van der Waals surface area contributed by atoms with E-state index in [1.165, 1.54) is 0 Å². The van der Waals surface area contributed by atoms with Crippen molar-refractivity contribution in [2.45, 2.75) is 51.4 Å². The third kappa shape index (κ3) is 9.47. The molecule has 0 aromatic carbocycles. The molecule has 0 bridgehead atoms. The number of nitrogens with one attached hydrogen (secondary N) is 1. The van der Waals surface area contributed by atoms with Gasteiger partial charge < -0.3 is 30.2 Å². The predicted molar refractivity (Wildman–Crippen MR) is 98.7 cm³/mol. The van der Waals surface area contributed by atoms with Gasteiger partial charge >= 0.3 is 0 Å². The summed E-state index contributed by atoms with van der Waals surface area (Å²) in [4.78, 5) is 25.1. The molecular weight excluding hydrogens is 338 g/mol. The maximum Gasteiger partial charge on any atom is 0.222 e. The number of likely N-dealkylation sites (N-methyl/N-ethyl adjacent to an activating group) is 1. The van der Waals surface area contributed by atoms with Crippen LogP contribution in [-0.4, -0.2) is 82.0 Å². The van der Waals surface area contributed by atoms with Crippen LogP contribution in [0.5, 0.6) is 0 Å². The van der Waals surface area contributed by atoms with E-state index < -0.39 is 5.91 Å². The standard InChI is InChI=1S/C18H35N3O5/c1-13(5-6-21(4)11-15-12-24-7-8-25-15)16(10-17(19)22)26-14(2)9-18(23)20-3/h13-16H,5-12H2,1-4H3,(H2,19,22)(H,20,23). The molecule has 0 aliphatic carbocycles. The molecule has 26 heavy (non-hydrogen) atoms. The molecule has 0 aromatic rings. The molecule has 0 spiro atoms. The monoisotopic (exact) mass is 373 g/mol. The van der Waals surface area contributed by atoms with Gasteiger partial charge in [0.1, 0.15) is 0 Å². The highest BCUT2D eigenvalue weighted by molar-refractivity contribution is 5.76. The summed E-state index contributed by atoms with van der Waals surface area (Å²) in [6.45, 7) is 7.48. The molecule has 8 heteroatoms. The molecule has 2 amide bonds. The Morgan fingerprint density at radius 1 is 1.31 bits per heavy atom. The van der Waals surface area contributed by atoms with E-state index in [0.29, 0.717) is 19.8 Å². The van der Waals surface area contributed by atoms with Gasteiger partial charge in [-0.3, -0.25) is 9.59 Å². The maximum absolute atomic E-state index is 11.5. The fraction of sp³-hybridized carbons (Fsp3) is 0.889. The number of rotatable bonds is 12. The normalized spacial score (nSPS) is 21.2. The molecule has 152 valence electrons. The summed E-state index contributed by atoms with van der Waals surface area (Å²) in [5.74, 6) is -0.340. The number of amides is 2. The SMILES string of the molecule is CNC(=O)CC(C)OC(CC(N)=O)C(C)CCN(C)CC1COCCO1. The van der Waals surface area contributed by atoms with Crippen LogP contribution in [0.3, 0.4) is 0 Å². The second kappa shape index (κ2) is 12.2. The Labute approximate surface area is 156 Å². The van der Waals surface area contributed by atoms with Crippen LogP contribution in [-0.2, 0) is 23.8 Å². The number of nitrogens with two attached hydrogens (primary N) is 1. The van der Waals surface area contributed by atoms with Crippen LogP contribution in [0.15, 0.2) is 0 Å². The van der Waals surface area contributed by atoms with Crippen LogP contribution in [0.4, 0.5) is 0 Å². The van der Waals surface area contributed by atoms with Crippen molar-refractivity contribution in [3.05, 3.63) is 0 Å². The number of nitrogens with zero attached hydrogens (tertiary/aromatic N) is 1. The van der Waals surface area contributed by atoms with E-state index in [-0.39, 0.29) is 43.0 Å². The van der Waals surface area contributed by atoms with Crippen molar-refractivity contribution >= 4 is 11.8 Å². The molecule has 0 radical (unpaired) electrons. The molecule has 0 saturated carbocycles. The molecule has 4 unspecified atom stereocenters. The topological polar surface area (TPSA) is 103 Å². The zero-order valence-electron chi connectivity index (χ0n) is 16.5. The number of carbonyl (C=O) groups is 2. The van der Waals surface area contributed by atoms with Crippen molar-refractivity contribution in [3.8, 4) is 0 Å². The minimum atomic E-state index is -0.393. The van der Waals surface area contributed by atoms with Crippen LogP contribution in [0.2, 0.25) is 0 Å². The van der Waals surface area contributed by atoms with Gasteiger partial charge in [-0.05, 0) is 32.9 Å². The van der Waals surface area contributed by atoms with E-state index in [2.05, 4.69) is 10.2 Å². The Morgan fingerprint density at radius 3 is 2.62 bits per heavy atom. The van der Waals surface area contributed by atoms with E-state index in [4.69, 9.17) is 19.9 Å². The lowest BCUT2D eigenvalue weighted by Gasteiger charge is -2.30. The molecule has 3 N–H and O–H groups in total. The smallest absolute Gasteiger partial charge is 0.222 e. The number of ether oxygens (including phenoxy) is 3. The summed E-state index contributed by atoms with van der Waals surface area (Å²) < 4.78 is 17.0. The number of hydrogen-bond donors (Lipinski definition) is 2. The maximum atomic E-state index is 11.5. The van der Waals surface area contributed by atoms with E-state index in [1.54, 1.807) is 7.05 Å². The first-order chi connectivity index (χ1) is 12.3. The minimum Gasteiger partial charge on any atom is -0.376 e. The summed E-state index contributed by atoms with van der Waals surface area (Å²) in [5, 5.41) is 2.58. The van der Waals surface area contributed by atoms with Gasteiger partial charge in [0.2, 0.25) is 11.8 Å². The lowest BCUT2D eigenvalue weighted by atomic mass is 9.97. The Kier molecular flexibility index (Phi) is 10.7. The average molecular weight is 373 g/mol. The third-order valence-corrected chi connectivity index (χ3v) is 4.56. The fourth-order valence-corrected chi connectivity index (χ4v) is 2.98. The Bertz CT molecular complexity index is 429. The second-order valence-electron chi connectivity index (χ2n) is 7.13. The van der Waals surface area contributed by atoms with Gasteiger partial charge in [0, 0.05) is 13.6 Å². The Balaban J connectivity index is 2.44. The van der Waals surface area contributed by atoms with Gasteiger partial charge in [-0.2, -0.15) is 0 Å². The van der Waals surface area contributed by atoms with Crippen molar-refractivity contribution in [1.82, 2.24) is 10.2 Å².